The zero-order chi connectivity index (χ0) is 17.4. The van der Waals surface area contributed by atoms with Crippen LogP contribution in [0.1, 0.15) is 30.9 Å². The van der Waals surface area contributed by atoms with Gasteiger partial charge in [-0.1, -0.05) is 0 Å². The van der Waals surface area contributed by atoms with E-state index >= 15 is 0 Å². The molecule has 1 atom stereocenters. The molecule has 4 rings (SSSR count). The molecule has 5 nitrogen and oxygen atoms in total. The Labute approximate surface area is 154 Å². The highest BCUT2D eigenvalue weighted by molar-refractivity contribution is 7.98. The molecule has 2 aromatic rings. The van der Waals surface area contributed by atoms with E-state index in [9.17, 15) is 9.59 Å². The number of carbonyl (C=O) groups is 2. The first-order valence-electron chi connectivity index (χ1n) is 8.35. The quantitative estimate of drug-likeness (QED) is 0.811. The predicted molar refractivity (Wildman–Crippen MR) is 101 cm³/mol. The first-order chi connectivity index (χ1) is 12.1. The molecule has 25 heavy (non-hydrogen) atoms. The van der Waals surface area contributed by atoms with Crippen LogP contribution in [0.2, 0.25) is 0 Å². The van der Waals surface area contributed by atoms with E-state index in [1.54, 1.807) is 16.7 Å². The summed E-state index contributed by atoms with van der Waals surface area (Å²) in [5.41, 5.74) is 1.93. The lowest BCUT2D eigenvalue weighted by molar-refractivity contribution is -0.122. The second kappa shape index (κ2) is 6.80. The fraction of sp³-hybridized carbons (Fsp3) is 0.389. The lowest BCUT2D eigenvalue weighted by Gasteiger charge is -2.16. The third kappa shape index (κ3) is 3.57. The molecule has 2 amide bonds. The van der Waals surface area contributed by atoms with Gasteiger partial charge in [0.15, 0.2) is 5.13 Å². The van der Waals surface area contributed by atoms with Crippen molar-refractivity contribution in [1.29, 1.82) is 0 Å². The summed E-state index contributed by atoms with van der Waals surface area (Å²) in [6.07, 6.45) is 4.65. The molecule has 7 heteroatoms. The van der Waals surface area contributed by atoms with Gasteiger partial charge in [0.1, 0.15) is 0 Å². The molecule has 0 bridgehead atoms. The standard InChI is InChI=1S/C18H19N3O2S2/c1-24-14-6-4-13(5-7-14)21-9-12(8-16(21)22)17(23)20-18-19-15(10-25-18)11-2-3-11/h4-7,10-12H,2-3,8-9H2,1H3,(H,19,20,23). The van der Waals surface area contributed by atoms with Crippen molar-refractivity contribution in [2.75, 3.05) is 23.0 Å². The highest BCUT2D eigenvalue weighted by Crippen LogP contribution is 2.41. The minimum Gasteiger partial charge on any atom is -0.312 e. The smallest absolute Gasteiger partial charge is 0.231 e. The molecule has 2 heterocycles. The van der Waals surface area contributed by atoms with Gasteiger partial charge in [-0.15, -0.1) is 23.1 Å². The predicted octanol–water partition coefficient (Wildman–Crippen LogP) is 3.73. The molecular weight excluding hydrogens is 354 g/mol. The Morgan fingerprint density at radius 1 is 1.32 bits per heavy atom. The number of hydrogen-bond donors (Lipinski definition) is 1. The molecule has 1 aromatic heterocycles. The van der Waals surface area contributed by atoms with Crippen molar-refractivity contribution in [2.45, 2.75) is 30.1 Å². The zero-order valence-corrected chi connectivity index (χ0v) is 15.5. The third-order valence-corrected chi connectivity index (χ3v) is 6.15. The van der Waals surface area contributed by atoms with Gasteiger partial charge in [0.25, 0.3) is 0 Å². The van der Waals surface area contributed by atoms with Crippen molar-refractivity contribution < 1.29 is 9.59 Å². The number of amides is 2. The van der Waals surface area contributed by atoms with E-state index in [2.05, 4.69) is 10.3 Å². The van der Waals surface area contributed by atoms with Gasteiger partial charge in [0.05, 0.1) is 11.6 Å². The van der Waals surface area contributed by atoms with Gasteiger partial charge in [0.2, 0.25) is 11.8 Å². The lowest BCUT2D eigenvalue weighted by Crippen LogP contribution is -2.28. The first kappa shape index (κ1) is 16.6. The minimum atomic E-state index is -0.332. The molecule has 1 saturated carbocycles. The number of hydrogen-bond acceptors (Lipinski definition) is 5. The Hall–Kier alpha value is -1.86. The van der Waals surface area contributed by atoms with E-state index in [1.807, 2.05) is 35.9 Å². The minimum absolute atomic E-state index is 0.00476. The largest absolute Gasteiger partial charge is 0.312 e. The van der Waals surface area contributed by atoms with E-state index < -0.39 is 0 Å². The van der Waals surface area contributed by atoms with Crippen molar-refractivity contribution in [3.05, 3.63) is 35.3 Å². The molecule has 1 aliphatic carbocycles. The van der Waals surface area contributed by atoms with Gasteiger partial charge in [-0.05, 0) is 43.4 Å². The number of thioether (sulfide) groups is 1. The normalized spacial score (nSPS) is 20.1. The van der Waals surface area contributed by atoms with Gasteiger partial charge in [0, 0.05) is 34.8 Å². The van der Waals surface area contributed by atoms with Crippen LogP contribution in [0.15, 0.2) is 34.5 Å². The monoisotopic (exact) mass is 373 g/mol. The molecule has 1 aromatic carbocycles. The second-order valence-electron chi connectivity index (χ2n) is 6.44. The highest BCUT2D eigenvalue weighted by Gasteiger charge is 2.35. The van der Waals surface area contributed by atoms with Crippen molar-refractivity contribution in [3.8, 4) is 0 Å². The Kier molecular flexibility index (Phi) is 4.52. The van der Waals surface area contributed by atoms with E-state index in [0.717, 1.165) is 16.3 Å². The van der Waals surface area contributed by atoms with Gasteiger partial charge < -0.3 is 10.2 Å². The average molecular weight is 374 g/mol. The first-order valence-corrected chi connectivity index (χ1v) is 10.4. The summed E-state index contributed by atoms with van der Waals surface area (Å²) >= 11 is 3.13. The summed E-state index contributed by atoms with van der Waals surface area (Å²) in [6, 6.07) is 7.87. The van der Waals surface area contributed by atoms with Crippen molar-refractivity contribution in [2.24, 2.45) is 5.92 Å². The second-order valence-corrected chi connectivity index (χ2v) is 8.18. The molecular formula is C18H19N3O2S2. The van der Waals surface area contributed by atoms with E-state index in [4.69, 9.17) is 0 Å². The topological polar surface area (TPSA) is 62.3 Å². The Bertz CT molecular complexity index is 799. The van der Waals surface area contributed by atoms with E-state index in [1.165, 1.54) is 24.2 Å². The van der Waals surface area contributed by atoms with Crippen LogP contribution in [0.25, 0.3) is 0 Å². The maximum absolute atomic E-state index is 12.5. The summed E-state index contributed by atoms with van der Waals surface area (Å²) < 4.78 is 0. The maximum Gasteiger partial charge on any atom is 0.231 e. The van der Waals surface area contributed by atoms with Crippen LogP contribution in [0.3, 0.4) is 0 Å². The van der Waals surface area contributed by atoms with Crippen LogP contribution < -0.4 is 10.2 Å². The Morgan fingerprint density at radius 2 is 2.08 bits per heavy atom. The molecule has 1 unspecified atom stereocenters. The van der Waals surface area contributed by atoms with E-state index in [-0.39, 0.29) is 24.2 Å². The molecule has 0 spiro atoms. The van der Waals surface area contributed by atoms with Crippen LogP contribution in [-0.2, 0) is 9.59 Å². The molecule has 1 aliphatic heterocycles. The fourth-order valence-electron chi connectivity index (χ4n) is 3.01. The number of nitrogens with one attached hydrogen (secondary N) is 1. The van der Waals surface area contributed by atoms with Gasteiger partial charge in [-0.2, -0.15) is 0 Å². The fourth-order valence-corrected chi connectivity index (χ4v) is 4.22. The Morgan fingerprint density at radius 3 is 2.76 bits per heavy atom. The number of anilines is 2. The van der Waals surface area contributed by atoms with Crippen molar-refractivity contribution in [3.63, 3.8) is 0 Å². The van der Waals surface area contributed by atoms with Crippen LogP contribution in [0.4, 0.5) is 10.8 Å². The summed E-state index contributed by atoms with van der Waals surface area (Å²) in [5.74, 6) is 0.124. The SMILES string of the molecule is CSc1ccc(N2CC(C(=O)Nc3nc(C4CC4)cs3)CC2=O)cc1. The van der Waals surface area contributed by atoms with Crippen LogP contribution in [0, 0.1) is 5.92 Å². The van der Waals surface area contributed by atoms with Crippen LogP contribution in [0.5, 0.6) is 0 Å². The number of benzene rings is 1. The molecule has 1 N–H and O–H groups in total. The summed E-state index contributed by atoms with van der Waals surface area (Å²) in [7, 11) is 0. The van der Waals surface area contributed by atoms with Crippen LogP contribution in [-0.4, -0.2) is 29.6 Å². The molecule has 2 aliphatic rings. The Balaban J connectivity index is 1.40. The third-order valence-electron chi connectivity index (χ3n) is 4.63. The zero-order valence-electron chi connectivity index (χ0n) is 13.9. The molecule has 1 saturated heterocycles. The maximum atomic E-state index is 12.5. The average Bonchev–Trinajstić information content (AvgIpc) is 3.25. The lowest BCUT2D eigenvalue weighted by atomic mass is 10.1. The number of nitrogens with zero attached hydrogens (tertiary/aromatic N) is 2. The van der Waals surface area contributed by atoms with Crippen LogP contribution >= 0.6 is 23.1 Å². The number of thiazole rings is 1. The summed E-state index contributed by atoms with van der Waals surface area (Å²) in [5, 5.41) is 5.55. The number of rotatable bonds is 5. The van der Waals surface area contributed by atoms with E-state index in [0.29, 0.717) is 17.6 Å². The molecule has 2 fully saturated rings. The molecule has 130 valence electrons. The van der Waals surface area contributed by atoms with Gasteiger partial charge in [-0.3, -0.25) is 9.59 Å². The number of carbonyl (C=O) groups excluding carboxylic acids is 2. The molecule has 0 radical (unpaired) electrons. The van der Waals surface area contributed by atoms with Gasteiger partial charge in [-0.25, -0.2) is 4.98 Å². The van der Waals surface area contributed by atoms with Crippen molar-refractivity contribution in [1.82, 2.24) is 4.98 Å². The number of aromatic nitrogens is 1. The summed E-state index contributed by atoms with van der Waals surface area (Å²) in [4.78, 5) is 32.2. The highest BCUT2D eigenvalue weighted by atomic mass is 32.2. The van der Waals surface area contributed by atoms with Crippen molar-refractivity contribution >= 4 is 45.7 Å². The summed E-state index contributed by atoms with van der Waals surface area (Å²) in [6.45, 7) is 0.421. The van der Waals surface area contributed by atoms with Gasteiger partial charge >= 0.3 is 0 Å².